The van der Waals surface area contributed by atoms with Crippen molar-refractivity contribution >= 4 is 29.1 Å². The Bertz CT molecular complexity index is 1070. The Hall–Kier alpha value is -3.33. The third kappa shape index (κ3) is 4.79. The van der Waals surface area contributed by atoms with E-state index in [0.29, 0.717) is 52.7 Å². The van der Waals surface area contributed by atoms with E-state index in [9.17, 15) is 9.59 Å². The van der Waals surface area contributed by atoms with Crippen molar-refractivity contribution in [2.24, 2.45) is 5.92 Å². The summed E-state index contributed by atoms with van der Waals surface area (Å²) in [5.74, 6) is 1.52. The van der Waals surface area contributed by atoms with Crippen LogP contribution in [0.25, 0.3) is 0 Å². The molecule has 182 valence electrons. The van der Waals surface area contributed by atoms with Gasteiger partial charge >= 0.3 is 0 Å². The van der Waals surface area contributed by atoms with Crippen molar-refractivity contribution in [2.75, 3.05) is 46.0 Å². The van der Waals surface area contributed by atoms with Gasteiger partial charge in [-0.05, 0) is 17.7 Å². The molecule has 2 aromatic rings. The molecule has 4 rings (SSSR count). The Labute approximate surface area is 202 Å². The van der Waals surface area contributed by atoms with Crippen LogP contribution in [-0.2, 0) is 16.1 Å². The molecule has 1 saturated heterocycles. The minimum atomic E-state index is -0.498. The summed E-state index contributed by atoms with van der Waals surface area (Å²) in [5.41, 5.74) is 1.36. The van der Waals surface area contributed by atoms with E-state index in [1.165, 1.54) is 21.3 Å². The van der Waals surface area contributed by atoms with Crippen molar-refractivity contribution in [3.63, 3.8) is 0 Å². The maximum Gasteiger partial charge on any atom is 0.227 e. The summed E-state index contributed by atoms with van der Waals surface area (Å²) in [6.07, 6.45) is 0.875. The third-order valence-corrected chi connectivity index (χ3v) is 6.07. The molecule has 1 atom stereocenters. The SMILES string of the molecule is COc1cc(N2C[C@H](C(=O)NCc3cc(Cl)c4c(c3)OCCCO4)CC2=O)cc(OC)c1OC. The fourth-order valence-electron chi connectivity index (χ4n) is 4.08. The molecule has 9 nitrogen and oxygen atoms in total. The number of methoxy groups -OCH3 is 3. The Kier molecular flexibility index (Phi) is 7.21. The van der Waals surface area contributed by atoms with Crippen molar-refractivity contribution in [2.45, 2.75) is 19.4 Å². The van der Waals surface area contributed by atoms with Crippen LogP contribution < -0.4 is 33.9 Å². The van der Waals surface area contributed by atoms with Gasteiger partial charge in [-0.3, -0.25) is 9.59 Å². The van der Waals surface area contributed by atoms with Crippen molar-refractivity contribution in [3.8, 4) is 28.7 Å². The van der Waals surface area contributed by atoms with Gasteiger partial charge in [0.15, 0.2) is 23.0 Å². The monoisotopic (exact) mass is 490 g/mol. The van der Waals surface area contributed by atoms with Crippen LogP contribution >= 0.6 is 11.6 Å². The summed E-state index contributed by atoms with van der Waals surface area (Å²) in [4.78, 5) is 27.2. The lowest BCUT2D eigenvalue weighted by atomic mass is 10.1. The first-order valence-electron chi connectivity index (χ1n) is 10.9. The molecule has 0 aromatic heterocycles. The smallest absolute Gasteiger partial charge is 0.227 e. The number of hydrogen-bond acceptors (Lipinski definition) is 7. The predicted molar refractivity (Wildman–Crippen MR) is 125 cm³/mol. The summed E-state index contributed by atoms with van der Waals surface area (Å²) in [6.45, 7) is 1.58. The van der Waals surface area contributed by atoms with Gasteiger partial charge in [-0.25, -0.2) is 0 Å². The molecule has 1 fully saturated rings. The van der Waals surface area contributed by atoms with E-state index < -0.39 is 5.92 Å². The molecule has 10 heteroatoms. The van der Waals surface area contributed by atoms with E-state index >= 15 is 0 Å². The van der Waals surface area contributed by atoms with Crippen molar-refractivity contribution in [3.05, 3.63) is 34.9 Å². The number of carbonyl (C=O) groups is 2. The molecule has 0 saturated carbocycles. The topological polar surface area (TPSA) is 95.6 Å². The van der Waals surface area contributed by atoms with E-state index in [1.807, 2.05) is 6.07 Å². The predicted octanol–water partition coefficient (Wildman–Crippen LogP) is 3.20. The molecule has 2 aliphatic heterocycles. The van der Waals surface area contributed by atoms with Gasteiger partial charge in [-0.1, -0.05) is 11.6 Å². The van der Waals surface area contributed by atoms with Crippen LogP contribution in [0.3, 0.4) is 0 Å². The molecular formula is C24H27ClN2O7. The number of amides is 2. The Morgan fingerprint density at radius 1 is 1.09 bits per heavy atom. The number of halogens is 1. The summed E-state index contributed by atoms with van der Waals surface area (Å²) in [7, 11) is 4.53. The first kappa shape index (κ1) is 23.8. The minimum Gasteiger partial charge on any atom is -0.493 e. The zero-order valence-corrected chi connectivity index (χ0v) is 20.1. The zero-order chi connectivity index (χ0) is 24.2. The number of benzene rings is 2. The molecule has 1 N–H and O–H groups in total. The van der Waals surface area contributed by atoms with Gasteiger partial charge in [0.25, 0.3) is 0 Å². The molecule has 2 aromatic carbocycles. The lowest BCUT2D eigenvalue weighted by Gasteiger charge is -2.20. The van der Waals surface area contributed by atoms with Gasteiger partial charge in [-0.2, -0.15) is 0 Å². The molecule has 0 bridgehead atoms. The van der Waals surface area contributed by atoms with Gasteiger partial charge in [0.05, 0.1) is 51.2 Å². The van der Waals surface area contributed by atoms with Crippen molar-refractivity contribution < 1.29 is 33.3 Å². The highest BCUT2D eigenvalue weighted by Crippen LogP contribution is 2.42. The molecular weight excluding hydrogens is 464 g/mol. The number of ether oxygens (including phenoxy) is 5. The molecule has 2 heterocycles. The molecule has 0 radical (unpaired) electrons. The number of fused-ring (bicyclic) bond motifs is 1. The van der Waals surface area contributed by atoms with E-state index in [0.717, 1.165) is 12.0 Å². The summed E-state index contributed by atoms with van der Waals surface area (Å²) in [5, 5.41) is 3.34. The van der Waals surface area contributed by atoms with E-state index in [1.54, 1.807) is 23.1 Å². The quantitative estimate of drug-likeness (QED) is 0.636. The highest BCUT2D eigenvalue weighted by molar-refractivity contribution is 6.32. The highest BCUT2D eigenvalue weighted by Gasteiger charge is 2.36. The highest BCUT2D eigenvalue weighted by atomic mass is 35.5. The maximum absolute atomic E-state index is 12.9. The molecule has 0 unspecified atom stereocenters. The molecule has 2 amide bonds. The van der Waals surface area contributed by atoms with Crippen LogP contribution in [0.1, 0.15) is 18.4 Å². The Morgan fingerprint density at radius 3 is 2.47 bits per heavy atom. The molecule has 0 aliphatic carbocycles. The fourth-order valence-corrected chi connectivity index (χ4v) is 4.36. The second-order valence-corrected chi connectivity index (χ2v) is 8.37. The van der Waals surface area contributed by atoms with Crippen LogP contribution in [0.5, 0.6) is 28.7 Å². The van der Waals surface area contributed by atoms with E-state index in [-0.39, 0.29) is 31.3 Å². The van der Waals surface area contributed by atoms with Crippen LogP contribution in [0.2, 0.25) is 5.02 Å². The number of hydrogen-bond donors (Lipinski definition) is 1. The van der Waals surface area contributed by atoms with Crippen LogP contribution in [0, 0.1) is 5.92 Å². The van der Waals surface area contributed by atoms with E-state index in [2.05, 4.69) is 5.32 Å². The molecule has 2 aliphatic rings. The van der Waals surface area contributed by atoms with Gasteiger partial charge in [0.1, 0.15) is 0 Å². The van der Waals surface area contributed by atoms with Crippen LogP contribution in [-0.4, -0.2) is 52.9 Å². The molecule has 34 heavy (non-hydrogen) atoms. The first-order chi connectivity index (χ1) is 16.4. The number of carbonyl (C=O) groups excluding carboxylic acids is 2. The maximum atomic E-state index is 12.9. The summed E-state index contributed by atoms with van der Waals surface area (Å²) < 4.78 is 27.5. The summed E-state index contributed by atoms with van der Waals surface area (Å²) >= 11 is 6.34. The zero-order valence-electron chi connectivity index (χ0n) is 19.3. The Balaban J connectivity index is 1.44. The number of rotatable bonds is 7. The number of nitrogens with zero attached hydrogens (tertiary/aromatic N) is 1. The minimum absolute atomic E-state index is 0.102. The third-order valence-electron chi connectivity index (χ3n) is 5.79. The van der Waals surface area contributed by atoms with Crippen molar-refractivity contribution in [1.29, 1.82) is 0 Å². The fraction of sp³-hybridized carbons (Fsp3) is 0.417. The second kappa shape index (κ2) is 10.3. The van der Waals surface area contributed by atoms with Gasteiger partial charge < -0.3 is 33.9 Å². The Morgan fingerprint density at radius 2 is 1.79 bits per heavy atom. The van der Waals surface area contributed by atoms with Gasteiger partial charge in [0, 0.05) is 38.1 Å². The van der Waals surface area contributed by atoms with E-state index in [4.69, 9.17) is 35.3 Å². The van der Waals surface area contributed by atoms with Crippen LogP contribution in [0.4, 0.5) is 5.69 Å². The van der Waals surface area contributed by atoms with Gasteiger partial charge in [0.2, 0.25) is 17.6 Å². The average Bonchev–Trinajstić information content (AvgIpc) is 3.07. The lowest BCUT2D eigenvalue weighted by molar-refractivity contribution is -0.126. The van der Waals surface area contributed by atoms with Crippen LogP contribution in [0.15, 0.2) is 24.3 Å². The standard InChI is InChI=1S/C24H27ClN2O7/c1-30-18-10-16(11-19(31-2)23(18)32-3)27-13-15(9-21(27)28)24(29)26-12-14-7-17(25)22-20(8-14)33-5-4-6-34-22/h7-8,10-11,15H,4-6,9,12-13H2,1-3H3,(H,26,29)/t15-/m1/s1. The van der Waals surface area contributed by atoms with Gasteiger partial charge in [-0.15, -0.1) is 0 Å². The first-order valence-corrected chi connectivity index (χ1v) is 11.3. The second-order valence-electron chi connectivity index (χ2n) is 7.96. The van der Waals surface area contributed by atoms with Crippen molar-refractivity contribution in [1.82, 2.24) is 5.32 Å². The number of nitrogens with one attached hydrogen (secondary N) is 1. The summed E-state index contributed by atoms with van der Waals surface area (Å²) in [6, 6.07) is 6.95. The number of anilines is 1. The average molecular weight is 491 g/mol. The lowest BCUT2D eigenvalue weighted by Crippen LogP contribution is -2.32. The molecule has 0 spiro atoms. The normalized spacial score (nSPS) is 17.2. The largest absolute Gasteiger partial charge is 0.493 e.